The lowest BCUT2D eigenvalue weighted by Gasteiger charge is -2.13. The zero-order chi connectivity index (χ0) is 15.9. The van der Waals surface area contributed by atoms with Crippen LogP contribution in [0.25, 0.3) is 0 Å². The maximum atomic E-state index is 5.28. The van der Waals surface area contributed by atoms with Crippen molar-refractivity contribution >= 4 is 17.3 Å². The van der Waals surface area contributed by atoms with Crippen molar-refractivity contribution in [2.75, 3.05) is 13.1 Å². The van der Waals surface area contributed by atoms with Crippen molar-refractivity contribution in [1.82, 2.24) is 10.6 Å². The van der Waals surface area contributed by atoms with E-state index in [2.05, 4.69) is 34.9 Å². The molecule has 1 aliphatic rings. The third kappa shape index (κ3) is 5.08. The van der Waals surface area contributed by atoms with Gasteiger partial charge in [-0.25, -0.2) is 0 Å². The van der Waals surface area contributed by atoms with Crippen LogP contribution in [-0.2, 0) is 19.6 Å². The average molecular weight is 330 g/mol. The minimum Gasteiger partial charge on any atom is -0.467 e. The second-order valence-corrected chi connectivity index (χ2v) is 6.47. The fourth-order valence-corrected chi connectivity index (χ4v) is 3.09. The molecule has 0 aliphatic carbocycles. The first kappa shape index (κ1) is 16.0. The minimum atomic E-state index is 0.608. The topological polar surface area (TPSA) is 41.6 Å². The summed E-state index contributed by atoms with van der Waals surface area (Å²) in [4.78, 5) is 1.71. The Balaban J connectivity index is 1.40. The van der Waals surface area contributed by atoms with Crippen LogP contribution in [0.3, 0.4) is 0 Å². The first-order valence-electron chi connectivity index (χ1n) is 8.25. The van der Waals surface area contributed by atoms with Crippen molar-refractivity contribution in [3.63, 3.8) is 0 Å². The Labute approximate surface area is 142 Å². The summed E-state index contributed by atoms with van der Waals surface area (Å²) in [5, 5.41) is 7.01. The van der Waals surface area contributed by atoms with E-state index >= 15 is 0 Å². The van der Waals surface area contributed by atoms with E-state index in [4.69, 9.17) is 16.6 Å². The molecule has 0 unspecified atom stereocenters. The Morgan fingerprint density at radius 1 is 1.00 bits per heavy atom. The van der Waals surface area contributed by atoms with Gasteiger partial charge in [0.25, 0.3) is 0 Å². The van der Waals surface area contributed by atoms with E-state index in [1.807, 2.05) is 12.1 Å². The van der Waals surface area contributed by atoms with Crippen molar-refractivity contribution in [3.05, 3.63) is 59.5 Å². The molecule has 1 aliphatic heterocycles. The largest absolute Gasteiger partial charge is 0.467 e. The number of furan rings is 1. The van der Waals surface area contributed by atoms with Gasteiger partial charge in [-0.05, 0) is 29.9 Å². The Kier molecular flexibility index (Phi) is 5.66. The number of likely N-dealkylation sites (tertiary alicyclic amines) is 1. The summed E-state index contributed by atoms with van der Waals surface area (Å²) in [5.74, 6) is 0.878. The lowest BCUT2D eigenvalue weighted by atomic mass is 10.1. The molecule has 5 heteroatoms. The molecule has 1 aromatic heterocycles. The lowest BCUT2D eigenvalue weighted by Crippen LogP contribution is -3.08. The van der Waals surface area contributed by atoms with Gasteiger partial charge in [0.1, 0.15) is 12.3 Å². The highest BCUT2D eigenvalue weighted by atomic mass is 32.1. The summed E-state index contributed by atoms with van der Waals surface area (Å²) >= 11 is 5.28. The summed E-state index contributed by atoms with van der Waals surface area (Å²) in [6.07, 6.45) is 4.42. The van der Waals surface area contributed by atoms with Gasteiger partial charge in [-0.2, -0.15) is 0 Å². The molecule has 122 valence electrons. The minimum absolute atomic E-state index is 0.608. The fraction of sp³-hybridized carbons (Fsp3) is 0.389. The second-order valence-electron chi connectivity index (χ2n) is 6.07. The van der Waals surface area contributed by atoms with Crippen molar-refractivity contribution in [2.24, 2.45) is 0 Å². The van der Waals surface area contributed by atoms with Crippen molar-refractivity contribution in [2.45, 2.75) is 32.5 Å². The predicted molar refractivity (Wildman–Crippen MR) is 95.1 cm³/mol. The zero-order valence-corrected chi connectivity index (χ0v) is 14.1. The summed E-state index contributed by atoms with van der Waals surface area (Å²) in [5.41, 5.74) is 2.66. The first-order chi connectivity index (χ1) is 11.3. The molecule has 0 amide bonds. The molecular weight excluding hydrogens is 306 g/mol. The molecule has 0 spiro atoms. The van der Waals surface area contributed by atoms with Gasteiger partial charge in [0.2, 0.25) is 0 Å². The standard InChI is InChI=1S/C18H23N3OS/c23-18(20-13-17-4-3-11-22-17)19-12-15-5-7-16(8-6-15)14-21-9-1-2-10-21/h3-8,11H,1-2,9-10,12-14H2,(H2,19,20,23)/p+1. The van der Waals surface area contributed by atoms with Gasteiger partial charge in [-0.1, -0.05) is 24.3 Å². The maximum absolute atomic E-state index is 5.28. The molecule has 23 heavy (non-hydrogen) atoms. The van der Waals surface area contributed by atoms with Crippen molar-refractivity contribution < 1.29 is 9.32 Å². The van der Waals surface area contributed by atoms with Crippen LogP contribution < -0.4 is 15.5 Å². The highest BCUT2D eigenvalue weighted by Gasteiger charge is 2.15. The molecule has 0 atom stereocenters. The molecule has 3 N–H and O–H groups in total. The van der Waals surface area contributed by atoms with E-state index in [1.54, 1.807) is 11.2 Å². The monoisotopic (exact) mass is 330 g/mol. The number of rotatable bonds is 6. The number of thiocarbonyl (C=S) groups is 1. The molecule has 0 radical (unpaired) electrons. The molecule has 0 bridgehead atoms. The normalized spacial score (nSPS) is 14.8. The van der Waals surface area contributed by atoms with Crippen LogP contribution in [0.1, 0.15) is 29.7 Å². The lowest BCUT2D eigenvalue weighted by molar-refractivity contribution is -0.901. The SMILES string of the molecule is S=C(NCc1ccc(C[NH+]2CCCC2)cc1)NCc1ccco1. The van der Waals surface area contributed by atoms with E-state index in [-0.39, 0.29) is 0 Å². The fourth-order valence-electron chi connectivity index (χ4n) is 2.94. The van der Waals surface area contributed by atoms with Crippen LogP contribution in [-0.4, -0.2) is 18.2 Å². The molecule has 3 rings (SSSR count). The van der Waals surface area contributed by atoms with E-state index in [0.717, 1.165) is 18.8 Å². The van der Waals surface area contributed by atoms with Gasteiger partial charge in [-0.3, -0.25) is 0 Å². The highest BCUT2D eigenvalue weighted by Crippen LogP contribution is 2.04. The van der Waals surface area contributed by atoms with Gasteiger partial charge in [0.05, 0.1) is 25.9 Å². The Morgan fingerprint density at radius 2 is 1.70 bits per heavy atom. The molecule has 2 aromatic rings. The van der Waals surface area contributed by atoms with Gasteiger partial charge in [0, 0.05) is 24.9 Å². The summed E-state index contributed by atoms with van der Waals surface area (Å²) < 4.78 is 5.26. The van der Waals surface area contributed by atoms with Crippen molar-refractivity contribution in [1.29, 1.82) is 0 Å². The smallest absolute Gasteiger partial charge is 0.166 e. The molecule has 1 saturated heterocycles. The third-order valence-electron chi connectivity index (χ3n) is 4.24. The quantitative estimate of drug-likeness (QED) is 0.704. The van der Waals surface area contributed by atoms with Crippen LogP contribution in [0.2, 0.25) is 0 Å². The van der Waals surface area contributed by atoms with Crippen LogP contribution in [0.15, 0.2) is 47.1 Å². The summed E-state index contributed by atoms with van der Waals surface area (Å²) in [7, 11) is 0. The molecule has 1 fully saturated rings. The van der Waals surface area contributed by atoms with Crippen molar-refractivity contribution in [3.8, 4) is 0 Å². The van der Waals surface area contributed by atoms with Crippen LogP contribution in [0, 0.1) is 0 Å². The van der Waals surface area contributed by atoms with Gasteiger partial charge in [0.15, 0.2) is 5.11 Å². The van der Waals surface area contributed by atoms with E-state index in [0.29, 0.717) is 11.7 Å². The molecule has 0 saturated carbocycles. The molecule has 2 heterocycles. The van der Waals surface area contributed by atoms with Crippen LogP contribution >= 0.6 is 12.2 Å². The predicted octanol–water partition coefficient (Wildman–Crippen LogP) is 1.62. The van der Waals surface area contributed by atoms with Crippen LogP contribution in [0.5, 0.6) is 0 Å². The summed E-state index contributed by atoms with van der Waals surface area (Å²) in [6.45, 7) is 5.13. The number of hydrogen-bond acceptors (Lipinski definition) is 2. The molecule has 1 aromatic carbocycles. The maximum Gasteiger partial charge on any atom is 0.166 e. The van der Waals surface area contributed by atoms with Gasteiger partial charge < -0.3 is 20.0 Å². The average Bonchev–Trinajstić information content (AvgIpc) is 3.26. The molecule has 4 nitrogen and oxygen atoms in total. The number of nitrogens with one attached hydrogen (secondary N) is 3. The van der Waals surface area contributed by atoms with E-state index in [9.17, 15) is 0 Å². The first-order valence-corrected chi connectivity index (χ1v) is 8.66. The zero-order valence-electron chi connectivity index (χ0n) is 13.3. The highest BCUT2D eigenvalue weighted by molar-refractivity contribution is 7.80. The van der Waals surface area contributed by atoms with Gasteiger partial charge in [-0.15, -0.1) is 0 Å². The van der Waals surface area contributed by atoms with Crippen LogP contribution in [0.4, 0.5) is 0 Å². The van der Waals surface area contributed by atoms with E-state index in [1.165, 1.54) is 37.1 Å². The Morgan fingerprint density at radius 3 is 2.39 bits per heavy atom. The second kappa shape index (κ2) is 8.13. The van der Waals surface area contributed by atoms with Gasteiger partial charge >= 0.3 is 0 Å². The Hall–Kier alpha value is -1.85. The number of quaternary nitrogens is 1. The van der Waals surface area contributed by atoms with E-state index < -0.39 is 0 Å². The molecular formula is C18H24N3OS+. The Bertz CT molecular complexity index is 604. The third-order valence-corrected chi connectivity index (χ3v) is 4.53. The number of hydrogen-bond donors (Lipinski definition) is 3. The summed E-state index contributed by atoms with van der Waals surface area (Å²) in [6, 6.07) is 12.7. The number of benzene rings is 1.